The Morgan fingerprint density at radius 3 is 2.39 bits per heavy atom. The van der Waals surface area contributed by atoms with Crippen LogP contribution in [0.5, 0.6) is 0 Å². The maximum Gasteiger partial charge on any atom is 0.264 e. The second-order valence-corrected chi connectivity index (χ2v) is 8.27. The van der Waals surface area contributed by atoms with Gasteiger partial charge in [-0.15, -0.1) is 0 Å². The Hall–Kier alpha value is -2.75. The Morgan fingerprint density at radius 1 is 1.04 bits per heavy atom. The van der Waals surface area contributed by atoms with Crippen molar-refractivity contribution in [3.05, 3.63) is 71.5 Å². The minimum absolute atomic E-state index is 0.00645. The molecule has 3 aromatic rings. The summed E-state index contributed by atoms with van der Waals surface area (Å²) < 4.78 is 27.1. The summed E-state index contributed by atoms with van der Waals surface area (Å²) in [7, 11) is -3.78. The first-order valence-corrected chi connectivity index (χ1v) is 10.3. The number of rotatable bonds is 5. The molecule has 0 aliphatic rings. The van der Waals surface area contributed by atoms with Crippen LogP contribution in [-0.4, -0.2) is 23.5 Å². The number of aryl methyl sites for hydroxylation is 1. The van der Waals surface area contributed by atoms with Gasteiger partial charge in [-0.2, -0.15) is 0 Å². The number of hydrogen-bond acceptors (Lipinski definition) is 5. The Morgan fingerprint density at radius 2 is 1.71 bits per heavy atom. The van der Waals surface area contributed by atoms with E-state index in [1.165, 1.54) is 24.5 Å². The van der Waals surface area contributed by atoms with E-state index in [2.05, 4.69) is 25.3 Å². The van der Waals surface area contributed by atoms with Gasteiger partial charge in [-0.25, -0.2) is 23.1 Å². The first-order valence-electron chi connectivity index (χ1n) is 8.07. The van der Waals surface area contributed by atoms with Crippen LogP contribution < -0.4 is 15.4 Å². The van der Waals surface area contributed by atoms with Gasteiger partial charge in [-0.1, -0.05) is 17.7 Å². The third-order valence-electron chi connectivity index (χ3n) is 3.66. The van der Waals surface area contributed by atoms with Crippen LogP contribution in [0.1, 0.15) is 5.56 Å². The van der Waals surface area contributed by atoms with E-state index in [1.807, 2.05) is 13.0 Å². The SMILES string of the molecule is Cc1ccc(Cl)cc1NC(=S)Nc1ccc(S(=O)(=O)Nc2ncccn2)cc1. The summed E-state index contributed by atoms with van der Waals surface area (Å²) >= 11 is 11.3. The van der Waals surface area contributed by atoms with Crippen molar-refractivity contribution in [3.8, 4) is 0 Å². The van der Waals surface area contributed by atoms with E-state index in [1.54, 1.807) is 30.3 Å². The molecule has 0 radical (unpaired) electrons. The van der Waals surface area contributed by atoms with E-state index < -0.39 is 10.0 Å². The van der Waals surface area contributed by atoms with Crippen LogP contribution in [0.25, 0.3) is 0 Å². The van der Waals surface area contributed by atoms with E-state index in [4.69, 9.17) is 23.8 Å². The standard InChI is InChI=1S/C18H16ClN5O2S2/c1-12-3-4-13(19)11-16(12)23-18(27)22-14-5-7-15(8-6-14)28(25,26)24-17-20-9-2-10-21-17/h2-11H,1H3,(H,20,21,24)(H2,22,23,27). The smallest absolute Gasteiger partial charge is 0.264 e. The Kier molecular flexibility index (Phi) is 6.08. The molecule has 3 N–H and O–H groups in total. The third kappa shape index (κ3) is 5.16. The minimum Gasteiger partial charge on any atom is -0.332 e. The highest BCUT2D eigenvalue weighted by Crippen LogP contribution is 2.21. The van der Waals surface area contributed by atoms with Gasteiger partial charge in [-0.05, 0) is 67.2 Å². The third-order valence-corrected chi connectivity index (χ3v) is 5.45. The number of halogens is 1. The van der Waals surface area contributed by atoms with Gasteiger partial charge in [0, 0.05) is 28.8 Å². The van der Waals surface area contributed by atoms with Gasteiger partial charge >= 0.3 is 0 Å². The van der Waals surface area contributed by atoms with Crippen molar-refractivity contribution in [1.82, 2.24) is 9.97 Å². The summed E-state index contributed by atoms with van der Waals surface area (Å²) in [4.78, 5) is 7.78. The highest BCUT2D eigenvalue weighted by atomic mass is 35.5. The minimum atomic E-state index is -3.78. The molecule has 0 aliphatic heterocycles. The molecule has 0 spiro atoms. The zero-order chi connectivity index (χ0) is 20.1. The molecule has 0 unspecified atom stereocenters. The largest absolute Gasteiger partial charge is 0.332 e. The summed E-state index contributed by atoms with van der Waals surface area (Å²) in [6.45, 7) is 1.93. The molecule has 10 heteroatoms. The van der Waals surface area contributed by atoms with Gasteiger partial charge in [0.25, 0.3) is 10.0 Å². The Bertz CT molecular complexity index is 1090. The lowest BCUT2D eigenvalue weighted by Gasteiger charge is -2.13. The van der Waals surface area contributed by atoms with E-state index >= 15 is 0 Å². The number of benzene rings is 2. The first-order chi connectivity index (χ1) is 13.3. The van der Waals surface area contributed by atoms with Gasteiger partial charge in [0.05, 0.1) is 4.90 Å². The molecule has 7 nitrogen and oxygen atoms in total. The molecular formula is C18H16ClN5O2S2. The number of thiocarbonyl (C=S) groups is 1. The average molecular weight is 434 g/mol. The van der Waals surface area contributed by atoms with Gasteiger partial charge in [0.2, 0.25) is 5.95 Å². The predicted molar refractivity (Wildman–Crippen MR) is 115 cm³/mol. The molecule has 2 aromatic carbocycles. The summed E-state index contributed by atoms with van der Waals surface area (Å²) in [6.07, 6.45) is 2.90. The number of anilines is 3. The lowest BCUT2D eigenvalue weighted by atomic mass is 10.2. The fraction of sp³-hybridized carbons (Fsp3) is 0.0556. The van der Waals surface area contributed by atoms with Gasteiger partial charge in [-0.3, -0.25) is 0 Å². The fourth-order valence-corrected chi connectivity index (χ4v) is 3.62. The highest BCUT2D eigenvalue weighted by molar-refractivity contribution is 7.92. The fourth-order valence-electron chi connectivity index (χ4n) is 2.26. The van der Waals surface area contributed by atoms with Crippen molar-refractivity contribution in [2.24, 2.45) is 0 Å². The molecule has 1 heterocycles. The molecule has 0 bridgehead atoms. The van der Waals surface area contributed by atoms with Crippen molar-refractivity contribution in [1.29, 1.82) is 0 Å². The lowest BCUT2D eigenvalue weighted by molar-refractivity contribution is 0.601. The van der Waals surface area contributed by atoms with Crippen LogP contribution in [0.4, 0.5) is 17.3 Å². The van der Waals surface area contributed by atoms with Crippen LogP contribution in [0.15, 0.2) is 65.8 Å². The van der Waals surface area contributed by atoms with Gasteiger partial charge in [0.1, 0.15) is 0 Å². The van der Waals surface area contributed by atoms with E-state index in [-0.39, 0.29) is 10.8 Å². The van der Waals surface area contributed by atoms with Crippen molar-refractivity contribution in [2.45, 2.75) is 11.8 Å². The monoisotopic (exact) mass is 433 g/mol. The van der Waals surface area contributed by atoms with Crippen LogP contribution in [0.3, 0.4) is 0 Å². The molecule has 144 valence electrons. The molecule has 28 heavy (non-hydrogen) atoms. The van der Waals surface area contributed by atoms with Crippen LogP contribution >= 0.6 is 23.8 Å². The number of nitrogens with one attached hydrogen (secondary N) is 3. The van der Waals surface area contributed by atoms with Crippen molar-refractivity contribution in [2.75, 3.05) is 15.4 Å². The molecule has 1 aromatic heterocycles. The molecule has 0 aliphatic carbocycles. The summed E-state index contributed by atoms with van der Waals surface area (Å²) in [5, 5.41) is 7.02. The maximum absolute atomic E-state index is 12.4. The molecule has 0 saturated heterocycles. The topological polar surface area (TPSA) is 96.0 Å². The van der Waals surface area contributed by atoms with Gasteiger partial charge in [0.15, 0.2) is 5.11 Å². The lowest BCUT2D eigenvalue weighted by Crippen LogP contribution is -2.20. The Labute approximate surface area is 173 Å². The Balaban J connectivity index is 1.67. The summed E-state index contributed by atoms with van der Waals surface area (Å²) in [5.74, 6) is 0.00645. The van der Waals surface area contributed by atoms with Gasteiger partial charge < -0.3 is 10.6 Å². The number of aromatic nitrogens is 2. The van der Waals surface area contributed by atoms with Crippen LogP contribution in [0, 0.1) is 6.92 Å². The average Bonchev–Trinajstić information content (AvgIpc) is 2.65. The van der Waals surface area contributed by atoms with Crippen LogP contribution in [-0.2, 0) is 10.0 Å². The quantitative estimate of drug-likeness (QED) is 0.522. The van der Waals surface area contributed by atoms with Crippen LogP contribution in [0.2, 0.25) is 5.02 Å². The summed E-state index contributed by atoms with van der Waals surface area (Å²) in [5.41, 5.74) is 2.41. The molecule has 3 rings (SSSR count). The first kappa shape index (κ1) is 20.0. The predicted octanol–water partition coefficient (Wildman–Crippen LogP) is 4.05. The molecule has 0 saturated carbocycles. The number of nitrogens with zero attached hydrogens (tertiary/aromatic N) is 2. The normalized spacial score (nSPS) is 10.9. The molecule has 0 amide bonds. The zero-order valence-electron chi connectivity index (χ0n) is 14.7. The van der Waals surface area contributed by atoms with Crippen molar-refractivity contribution in [3.63, 3.8) is 0 Å². The van der Waals surface area contributed by atoms with E-state index in [0.717, 1.165) is 11.3 Å². The second kappa shape index (κ2) is 8.51. The van der Waals surface area contributed by atoms with Crippen molar-refractivity contribution < 1.29 is 8.42 Å². The molecule has 0 fully saturated rings. The van der Waals surface area contributed by atoms with E-state index in [0.29, 0.717) is 15.8 Å². The van der Waals surface area contributed by atoms with E-state index in [9.17, 15) is 8.42 Å². The number of sulfonamides is 1. The molecule has 0 atom stereocenters. The highest BCUT2D eigenvalue weighted by Gasteiger charge is 2.15. The molecular weight excluding hydrogens is 418 g/mol. The second-order valence-electron chi connectivity index (χ2n) is 5.74. The van der Waals surface area contributed by atoms with Crippen molar-refractivity contribution >= 4 is 56.3 Å². The zero-order valence-corrected chi connectivity index (χ0v) is 17.1. The summed E-state index contributed by atoms with van der Waals surface area (Å²) in [6, 6.07) is 13.2. The maximum atomic E-state index is 12.4. The number of hydrogen-bond donors (Lipinski definition) is 3.